The summed E-state index contributed by atoms with van der Waals surface area (Å²) in [6.07, 6.45) is 53.5. The number of carbonyl (C=O) groups excluding carboxylic acids is 2. The van der Waals surface area contributed by atoms with Gasteiger partial charge in [0.2, 0.25) is 5.91 Å². The van der Waals surface area contributed by atoms with Crippen LogP contribution < -0.4 is 5.32 Å². The highest BCUT2D eigenvalue weighted by Gasteiger charge is 2.24. The lowest BCUT2D eigenvalue weighted by atomic mass is 10.0. The molecule has 6 nitrogen and oxygen atoms in total. The van der Waals surface area contributed by atoms with Crippen molar-refractivity contribution in [2.75, 3.05) is 6.61 Å². The summed E-state index contributed by atoms with van der Waals surface area (Å²) < 4.78 is 5.91. The Kier molecular flexibility index (Phi) is 44.6. The molecule has 0 aliphatic heterocycles. The first-order valence-electron chi connectivity index (χ1n) is 25.2. The minimum absolute atomic E-state index is 0.0555. The number of rotatable bonds is 45. The van der Waals surface area contributed by atoms with Crippen molar-refractivity contribution in [2.45, 2.75) is 277 Å². The Balaban J connectivity index is 4.57. The van der Waals surface area contributed by atoms with Gasteiger partial charge in [-0.25, -0.2) is 0 Å². The number of hydrogen-bond donors (Lipinski definition) is 3. The van der Waals surface area contributed by atoms with Crippen LogP contribution in [0, 0.1) is 0 Å². The first-order chi connectivity index (χ1) is 28.5. The fraction of sp³-hybridized carbons (Fsp3) is 0.846. The SMILES string of the molecule is CCCCC/C=C\C/C=C\CCCCCCCCCC(=O)OC(CCC/C=C\CCCCCCCCC)CC(=O)NC(CO)C(O)CCCCCCCCCCCC. The molecule has 0 spiro atoms. The van der Waals surface area contributed by atoms with Gasteiger partial charge in [-0.15, -0.1) is 0 Å². The molecular formula is C52H97NO5. The van der Waals surface area contributed by atoms with E-state index < -0.39 is 18.2 Å². The van der Waals surface area contributed by atoms with Crippen LogP contribution in [0.5, 0.6) is 0 Å². The lowest BCUT2D eigenvalue weighted by Crippen LogP contribution is -2.46. The Hall–Kier alpha value is -1.92. The van der Waals surface area contributed by atoms with Crippen LogP contribution in [0.25, 0.3) is 0 Å². The molecule has 58 heavy (non-hydrogen) atoms. The molecule has 1 amide bonds. The minimum Gasteiger partial charge on any atom is -0.462 e. The molecule has 0 radical (unpaired) electrons. The molecule has 0 fully saturated rings. The van der Waals surface area contributed by atoms with E-state index in [1.807, 2.05) is 0 Å². The van der Waals surface area contributed by atoms with Crippen LogP contribution in [0.15, 0.2) is 36.5 Å². The van der Waals surface area contributed by atoms with E-state index in [4.69, 9.17) is 4.74 Å². The fourth-order valence-corrected chi connectivity index (χ4v) is 7.58. The van der Waals surface area contributed by atoms with Crippen LogP contribution in [-0.4, -0.2) is 46.9 Å². The summed E-state index contributed by atoms with van der Waals surface area (Å²) in [6, 6.07) is -0.708. The zero-order valence-electron chi connectivity index (χ0n) is 38.7. The van der Waals surface area contributed by atoms with Crippen molar-refractivity contribution >= 4 is 11.9 Å². The second-order valence-corrected chi connectivity index (χ2v) is 17.2. The van der Waals surface area contributed by atoms with E-state index in [0.717, 1.165) is 70.6 Å². The maximum absolute atomic E-state index is 13.2. The average Bonchev–Trinajstić information content (AvgIpc) is 3.22. The molecule has 0 rings (SSSR count). The van der Waals surface area contributed by atoms with Gasteiger partial charge in [-0.05, 0) is 77.0 Å². The van der Waals surface area contributed by atoms with E-state index in [-0.39, 0.29) is 24.9 Å². The Bertz CT molecular complexity index is 961. The summed E-state index contributed by atoms with van der Waals surface area (Å²) in [4.78, 5) is 26.1. The molecule has 0 aliphatic carbocycles. The Morgan fingerprint density at radius 2 is 0.897 bits per heavy atom. The second-order valence-electron chi connectivity index (χ2n) is 17.2. The fourth-order valence-electron chi connectivity index (χ4n) is 7.58. The predicted octanol–water partition coefficient (Wildman–Crippen LogP) is 14.9. The summed E-state index contributed by atoms with van der Waals surface area (Å²) in [5, 5.41) is 23.7. The molecule has 6 heteroatoms. The summed E-state index contributed by atoms with van der Waals surface area (Å²) in [7, 11) is 0. The van der Waals surface area contributed by atoms with Crippen LogP contribution in [0.1, 0.15) is 258 Å². The summed E-state index contributed by atoms with van der Waals surface area (Å²) in [5.74, 6) is -0.506. The molecule has 0 aromatic carbocycles. The van der Waals surface area contributed by atoms with Gasteiger partial charge < -0.3 is 20.3 Å². The number of amides is 1. The molecule has 0 saturated carbocycles. The molecule has 3 unspecified atom stereocenters. The maximum atomic E-state index is 13.2. The molecule has 0 aromatic heterocycles. The van der Waals surface area contributed by atoms with Crippen LogP contribution in [0.4, 0.5) is 0 Å². The highest BCUT2D eigenvalue weighted by atomic mass is 16.5. The van der Waals surface area contributed by atoms with Gasteiger partial charge in [-0.1, -0.05) is 205 Å². The Morgan fingerprint density at radius 3 is 1.40 bits per heavy atom. The predicted molar refractivity (Wildman–Crippen MR) is 250 cm³/mol. The third-order valence-electron chi connectivity index (χ3n) is 11.4. The zero-order valence-corrected chi connectivity index (χ0v) is 38.7. The number of carbonyl (C=O) groups is 2. The smallest absolute Gasteiger partial charge is 0.306 e. The normalized spacial score (nSPS) is 13.5. The minimum atomic E-state index is -0.792. The van der Waals surface area contributed by atoms with E-state index in [1.165, 1.54) is 141 Å². The number of nitrogens with one attached hydrogen (secondary N) is 1. The topological polar surface area (TPSA) is 95.9 Å². The van der Waals surface area contributed by atoms with Gasteiger partial charge in [-0.2, -0.15) is 0 Å². The van der Waals surface area contributed by atoms with Gasteiger partial charge in [0, 0.05) is 6.42 Å². The molecule has 0 bridgehead atoms. The van der Waals surface area contributed by atoms with Crippen molar-refractivity contribution in [3.63, 3.8) is 0 Å². The average molecular weight is 816 g/mol. The highest BCUT2D eigenvalue weighted by molar-refractivity contribution is 5.77. The molecule has 0 aliphatic rings. The van der Waals surface area contributed by atoms with E-state index in [1.54, 1.807) is 0 Å². The van der Waals surface area contributed by atoms with Crippen molar-refractivity contribution in [1.82, 2.24) is 5.32 Å². The molecule has 3 N–H and O–H groups in total. The highest BCUT2D eigenvalue weighted by Crippen LogP contribution is 2.17. The van der Waals surface area contributed by atoms with E-state index >= 15 is 0 Å². The number of unbranched alkanes of at least 4 members (excludes halogenated alkanes) is 27. The molecule has 0 aromatic rings. The number of aliphatic hydroxyl groups is 2. The van der Waals surface area contributed by atoms with Gasteiger partial charge in [0.05, 0.1) is 25.2 Å². The summed E-state index contributed by atoms with van der Waals surface area (Å²) in [6.45, 7) is 6.43. The van der Waals surface area contributed by atoms with E-state index in [0.29, 0.717) is 19.3 Å². The summed E-state index contributed by atoms with van der Waals surface area (Å²) in [5.41, 5.74) is 0. The van der Waals surface area contributed by atoms with Crippen molar-refractivity contribution in [3.8, 4) is 0 Å². The third-order valence-corrected chi connectivity index (χ3v) is 11.4. The van der Waals surface area contributed by atoms with Crippen LogP contribution in [-0.2, 0) is 14.3 Å². The monoisotopic (exact) mass is 816 g/mol. The molecule has 0 saturated heterocycles. The zero-order chi connectivity index (χ0) is 42.4. The molecular weight excluding hydrogens is 719 g/mol. The second kappa shape index (κ2) is 46.2. The van der Waals surface area contributed by atoms with Crippen molar-refractivity contribution in [1.29, 1.82) is 0 Å². The number of ether oxygens (including phenoxy) is 1. The van der Waals surface area contributed by atoms with E-state index in [2.05, 4.69) is 62.5 Å². The summed E-state index contributed by atoms with van der Waals surface area (Å²) >= 11 is 0. The molecule has 3 atom stereocenters. The standard InChI is InChI=1S/C52H97NO5/c1-4-7-10-13-16-19-22-24-25-26-27-28-30-33-36-39-42-45-52(57)58-48(43-40-37-34-31-29-23-20-17-14-11-8-5-2)46-51(56)53-49(47-54)50(55)44-41-38-35-32-21-18-15-12-9-6-3/h16,19,24-25,31,34,48-50,54-55H,4-15,17-18,20-23,26-30,32-33,35-47H2,1-3H3,(H,53,56)/b19-16-,25-24-,34-31-. The van der Waals surface area contributed by atoms with Crippen molar-refractivity contribution in [3.05, 3.63) is 36.5 Å². The quantitative estimate of drug-likeness (QED) is 0.0323. The lowest BCUT2D eigenvalue weighted by molar-refractivity contribution is -0.151. The number of aliphatic hydroxyl groups excluding tert-OH is 2. The Morgan fingerprint density at radius 1 is 0.500 bits per heavy atom. The third kappa shape index (κ3) is 40.8. The maximum Gasteiger partial charge on any atom is 0.306 e. The lowest BCUT2D eigenvalue weighted by Gasteiger charge is -2.24. The van der Waals surface area contributed by atoms with Gasteiger partial charge in [0.1, 0.15) is 6.10 Å². The molecule has 0 heterocycles. The van der Waals surface area contributed by atoms with Crippen molar-refractivity contribution < 1.29 is 24.5 Å². The largest absolute Gasteiger partial charge is 0.462 e. The van der Waals surface area contributed by atoms with Crippen LogP contribution in [0.2, 0.25) is 0 Å². The van der Waals surface area contributed by atoms with Crippen LogP contribution in [0.3, 0.4) is 0 Å². The van der Waals surface area contributed by atoms with Gasteiger partial charge >= 0.3 is 5.97 Å². The number of allylic oxidation sites excluding steroid dienone is 6. The first kappa shape index (κ1) is 56.1. The van der Waals surface area contributed by atoms with Gasteiger partial charge in [0.25, 0.3) is 0 Å². The first-order valence-corrected chi connectivity index (χ1v) is 25.2. The van der Waals surface area contributed by atoms with Gasteiger partial charge in [0.15, 0.2) is 0 Å². The molecule has 340 valence electrons. The van der Waals surface area contributed by atoms with Gasteiger partial charge in [-0.3, -0.25) is 9.59 Å². The number of esters is 1. The van der Waals surface area contributed by atoms with E-state index in [9.17, 15) is 19.8 Å². The Labute approximate surface area is 360 Å². The van der Waals surface area contributed by atoms with Crippen LogP contribution >= 0.6 is 0 Å². The van der Waals surface area contributed by atoms with Crippen molar-refractivity contribution in [2.24, 2.45) is 0 Å². The number of hydrogen-bond acceptors (Lipinski definition) is 5.